The molecule has 1 aliphatic heterocycles. The van der Waals surface area contributed by atoms with Crippen LogP contribution >= 0.6 is 0 Å². The molecule has 2 aromatic rings. The molecule has 1 fully saturated rings. The molecule has 1 N–H and O–H groups in total. The first-order valence-corrected chi connectivity index (χ1v) is 11.3. The number of aromatic nitrogens is 1. The highest BCUT2D eigenvalue weighted by Crippen LogP contribution is 2.25. The summed E-state index contributed by atoms with van der Waals surface area (Å²) < 4.78 is 60.2. The summed E-state index contributed by atoms with van der Waals surface area (Å²) in [5, 5.41) is 0. The third kappa shape index (κ3) is 3.57. The Kier molecular flexibility index (Phi) is 5.25. The molecule has 142 valence electrons. The van der Waals surface area contributed by atoms with E-state index in [1.54, 1.807) is 25.1 Å². The van der Waals surface area contributed by atoms with Crippen LogP contribution < -0.4 is 4.72 Å². The molecule has 1 atom stereocenters. The number of benzene rings is 1. The lowest BCUT2D eigenvalue weighted by Crippen LogP contribution is -2.32. The van der Waals surface area contributed by atoms with Gasteiger partial charge in [-0.2, -0.15) is 0 Å². The molecule has 0 spiro atoms. The van der Waals surface area contributed by atoms with Gasteiger partial charge in [0.05, 0.1) is 16.7 Å². The van der Waals surface area contributed by atoms with E-state index in [0.717, 1.165) is 16.8 Å². The molecule has 0 bridgehead atoms. The van der Waals surface area contributed by atoms with Crippen molar-refractivity contribution >= 4 is 20.0 Å². The standard InChI is InChI=1S/C17H22N2O5S2/c1-13-11-17(25(20,21)18-12-15-7-6-10-24-15)14(2)19(13)26(22,23)16-8-4-3-5-9-16/h3-5,8-9,11,15,18H,6-7,10,12H2,1-2H3. The van der Waals surface area contributed by atoms with Crippen molar-refractivity contribution in [3.05, 3.63) is 47.8 Å². The van der Waals surface area contributed by atoms with Crippen molar-refractivity contribution in [2.24, 2.45) is 0 Å². The van der Waals surface area contributed by atoms with Crippen molar-refractivity contribution in [2.75, 3.05) is 13.2 Å². The number of ether oxygens (including phenoxy) is 1. The van der Waals surface area contributed by atoms with Crippen LogP contribution in [0.5, 0.6) is 0 Å². The predicted octanol–water partition coefficient (Wildman–Crippen LogP) is 1.80. The van der Waals surface area contributed by atoms with Gasteiger partial charge in [-0.15, -0.1) is 0 Å². The molecule has 1 aromatic carbocycles. The van der Waals surface area contributed by atoms with Crippen molar-refractivity contribution in [1.29, 1.82) is 0 Å². The lowest BCUT2D eigenvalue weighted by molar-refractivity contribution is 0.114. The third-order valence-electron chi connectivity index (χ3n) is 4.42. The maximum atomic E-state index is 12.9. The van der Waals surface area contributed by atoms with E-state index in [1.165, 1.54) is 25.1 Å². The summed E-state index contributed by atoms with van der Waals surface area (Å²) in [4.78, 5) is 0.0746. The largest absolute Gasteiger partial charge is 0.377 e. The molecule has 2 heterocycles. The van der Waals surface area contributed by atoms with Crippen LogP contribution in [0.2, 0.25) is 0 Å². The lowest BCUT2D eigenvalue weighted by Gasteiger charge is -2.13. The maximum absolute atomic E-state index is 12.9. The zero-order valence-corrected chi connectivity index (χ0v) is 16.3. The van der Waals surface area contributed by atoms with Crippen LogP contribution in [0.15, 0.2) is 46.2 Å². The molecular formula is C17H22N2O5S2. The summed E-state index contributed by atoms with van der Waals surface area (Å²) in [6, 6.07) is 9.33. The Bertz CT molecular complexity index is 989. The van der Waals surface area contributed by atoms with Gasteiger partial charge in [0.1, 0.15) is 4.90 Å². The minimum Gasteiger partial charge on any atom is -0.377 e. The number of nitrogens with one attached hydrogen (secondary N) is 1. The van der Waals surface area contributed by atoms with E-state index in [1.807, 2.05) is 0 Å². The van der Waals surface area contributed by atoms with E-state index in [0.29, 0.717) is 12.3 Å². The number of nitrogens with zero attached hydrogens (tertiary/aromatic N) is 1. The molecule has 7 nitrogen and oxygen atoms in total. The average molecular weight is 399 g/mol. The van der Waals surface area contributed by atoms with Gasteiger partial charge < -0.3 is 4.74 Å². The van der Waals surface area contributed by atoms with Crippen LogP contribution in [0.4, 0.5) is 0 Å². The second-order valence-electron chi connectivity index (χ2n) is 6.30. The molecular weight excluding hydrogens is 376 g/mol. The molecule has 1 aliphatic rings. The minimum atomic E-state index is -3.87. The highest BCUT2D eigenvalue weighted by atomic mass is 32.2. The van der Waals surface area contributed by atoms with E-state index >= 15 is 0 Å². The number of sulfonamides is 1. The summed E-state index contributed by atoms with van der Waals surface area (Å²) in [6.07, 6.45) is 1.58. The average Bonchev–Trinajstić information content (AvgIpc) is 3.22. The van der Waals surface area contributed by atoms with Gasteiger partial charge >= 0.3 is 0 Å². The normalized spacial score (nSPS) is 18.3. The maximum Gasteiger partial charge on any atom is 0.268 e. The van der Waals surface area contributed by atoms with Gasteiger partial charge in [0.25, 0.3) is 10.0 Å². The minimum absolute atomic E-state index is 0.0347. The molecule has 1 unspecified atom stereocenters. The predicted molar refractivity (Wildman–Crippen MR) is 97.1 cm³/mol. The Morgan fingerprint density at radius 1 is 1.15 bits per heavy atom. The summed E-state index contributed by atoms with van der Waals surface area (Å²) in [5.74, 6) is 0. The second kappa shape index (κ2) is 7.15. The Hall–Kier alpha value is -1.68. The van der Waals surface area contributed by atoms with Gasteiger partial charge in [-0.25, -0.2) is 25.5 Å². The zero-order chi connectivity index (χ0) is 18.9. The van der Waals surface area contributed by atoms with Crippen LogP contribution in [0.25, 0.3) is 0 Å². The first-order valence-electron chi connectivity index (χ1n) is 8.34. The molecule has 1 saturated heterocycles. The smallest absolute Gasteiger partial charge is 0.268 e. The Morgan fingerprint density at radius 2 is 1.85 bits per heavy atom. The quantitative estimate of drug-likeness (QED) is 0.801. The van der Waals surface area contributed by atoms with Crippen molar-refractivity contribution in [3.63, 3.8) is 0 Å². The zero-order valence-electron chi connectivity index (χ0n) is 14.7. The molecule has 0 amide bonds. The first-order chi connectivity index (χ1) is 12.2. The summed E-state index contributed by atoms with van der Waals surface area (Å²) in [6.45, 7) is 3.88. The Labute approximate surface area is 154 Å². The molecule has 26 heavy (non-hydrogen) atoms. The van der Waals surface area contributed by atoms with E-state index in [4.69, 9.17) is 4.74 Å². The Balaban J connectivity index is 1.95. The summed E-state index contributed by atoms with van der Waals surface area (Å²) in [5.41, 5.74) is 0.495. The van der Waals surface area contributed by atoms with E-state index < -0.39 is 20.0 Å². The first kappa shape index (κ1) is 19.1. The van der Waals surface area contributed by atoms with Gasteiger partial charge in [0.2, 0.25) is 10.0 Å². The molecule has 0 radical (unpaired) electrons. The van der Waals surface area contributed by atoms with Gasteiger partial charge in [0, 0.05) is 18.8 Å². The topological polar surface area (TPSA) is 94.5 Å². The van der Waals surface area contributed by atoms with Gasteiger partial charge in [-0.3, -0.25) is 0 Å². The Morgan fingerprint density at radius 3 is 2.46 bits per heavy atom. The molecule has 3 rings (SSSR count). The van der Waals surface area contributed by atoms with Crippen molar-refractivity contribution < 1.29 is 21.6 Å². The van der Waals surface area contributed by atoms with E-state index in [9.17, 15) is 16.8 Å². The third-order valence-corrected chi connectivity index (χ3v) is 7.87. The van der Waals surface area contributed by atoms with Gasteiger partial charge in [-0.1, -0.05) is 18.2 Å². The van der Waals surface area contributed by atoms with Crippen LogP contribution in [-0.2, 0) is 24.8 Å². The molecule has 9 heteroatoms. The molecule has 1 aromatic heterocycles. The second-order valence-corrected chi connectivity index (χ2v) is 9.83. The molecule has 0 aliphatic carbocycles. The van der Waals surface area contributed by atoms with Gasteiger partial charge in [-0.05, 0) is 44.9 Å². The highest BCUT2D eigenvalue weighted by molar-refractivity contribution is 7.90. The van der Waals surface area contributed by atoms with Crippen molar-refractivity contribution in [2.45, 2.75) is 42.6 Å². The van der Waals surface area contributed by atoms with Crippen molar-refractivity contribution in [3.8, 4) is 0 Å². The number of aryl methyl sites for hydroxylation is 1. The highest BCUT2D eigenvalue weighted by Gasteiger charge is 2.28. The fourth-order valence-electron chi connectivity index (χ4n) is 3.14. The lowest BCUT2D eigenvalue weighted by atomic mass is 10.2. The number of rotatable bonds is 6. The van der Waals surface area contributed by atoms with E-state index in [-0.39, 0.29) is 28.1 Å². The van der Waals surface area contributed by atoms with E-state index in [2.05, 4.69) is 4.72 Å². The SMILES string of the molecule is Cc1cc(S(=O)(=O)NCC2CCCO2)c(C)n1S(=O)(=O)c1ccccc1. The monoisotopic (exact) mass is 398 g/mol. The fraction of sp³-hybridized carbons (Fsp3) is 0.412. The van der Waals surface area contributed by atoms with Crippen LogP contribution in [-0.4, -0.2) is 40.1 Å². The van der Waals surface area contributed by atoms with Crippen LogP contribution in [0, 0.1) is 13.8 Å². The molecule has 0 saturated carbocycles. The van der Waals surface area contributed by atoms with Crippen LogP contribution in [0.3, 0.4) is 0 Å². The number of hydrogen-bond acceptors (Lipinski definition) is 5. The number of hydrogen-bond donors (Lipinski definition) is 1. The summed E-state index contributed by atoms with van der Waals surface area (Å²) in [7, 11) is -7.71. The summed E-state index contributed by atoms with van der Waals surface area (Å²) >= 11 is 0. The van der Waals surface area contributed by atoms with Crippen LogP contribution in [0.1, 0.15) is 24.2 Å². The fourth-order valence-corrected chi connectivity index (χ4v) is 6.17. The van der Waals surface area contributed by atoms with Gasteiger partial charge in [0.15, 0.2) is 0 Å². The van der Waals surface area contributed by atoms with Crippen molar-refractivity contribution in [1.82, 2.24) is 8.69 Å².